The Morgan fingerprint density at radius 3 is 3.22 bits per heavy atom. The number of carbonyl (C=O) groups is 1. The van der Waals surface area contributed by atoms with E-state index in [4.69, 9.17) is 4.42 Å². The molecule has 122 valence electrons. The van der Waals surface area contributed by atoms with E-state index in [1.807, 2.05) is 11.0 Å². The highest BCUT2D eigenvalue weighted by Gasteiger charge is 2.33. The molecule has 0 aliphatic carbocycles. The van der Waals surface area contributed by atoms with Crippen molar-refractivity contribution in [3.05, 3.63) is 30.0 Å². The van der Waals surface area contributed by atoms with Crippen LogP contribution in [0.25, 0.3) is 0 Å². The molecular weight excluding hydrogens is 314 g/mol. The third-order valence-electron chi connectivity index (χ3n) is 4.49. The van der Waals surface area contributed by atoms with Crippen LogP contribution in [0, 0.1) is 0 Å². The third kappa shape index (κ3) is 3.13. The highest BCUT2D eigenvalue weighted by atomic mass is 32.2. The van der Waals surface area contributed by atoms with E-state index in [0.717, 1.165) is 30.6 Å². The number of carbonyl (C=O) groups excluding carboxylic acids is 1. The molecule has 2 aromatic heterocycles. The van der Waals surface area contributed by atoms with Gasteiger partial charge in [0.25, 0.3) is 5.91 Å². The lowest BCUT2D eigenvalue weighted by molar-refractivity contribution is 0.0540. The molecule has 23 heavy (non-hydrogen) atoms. The zero-order chi connectivity index (χ0) is 15.6. The maximum atomic E-state index is 12.6. The van der Waals surface area contributed by atoms with Crippen LogP contribution in [0.5, 0.6) is 0 Å². The molecule has 2 aliphatic rings. The normalized spacial score (nSPS) is 21.6. The Hall–Kier alpha value is -1.80. The van der Waals surface area contributed by atoms with Crippen molar-refractivity contribution in [2.24, 2.45) is 0 Å². The first-order valence-corrected chi connectivity index (χ1v) is 8.88. The van der Waals surface area contributed by atoms with Gasteiger partial charge in [0.15, 0.2) is 10.9 Å². The molecule has 2 fully saturated rings. The molecule has 2 aromatic rings. The lowest BCUT2D eigenvalue weighted by atomic mass is 10.1. The number of hydrogen-bond acceptors (Lipinski definition) is 6. The molecule has 1 amide bonds. The fourth-order valence-electron chi connectivity index (χ4n) is 3.31. The van der Waals surface area contributed by atoms with E-state index in [1.54, 1.807) is 6.07 Å². The van der Waals surface area contributed by atoms with Crippen LogP contribution in [0.2, 0.25) is 0 Å². The molecule has 0 unspecified atom stereocenters. The zero-order valence-electron chi connectivity index (χ0n) is 12.8. The number of furan rings is 1. The van der Waals surface area contributed by atoms with Crippen molar-refractivity contribution in [3.8, 4) is 0 Å². The molecule has 0 radical (unpaired) electrons. The number of thioether (sulfide) groups is 1. The van der Waals surface area contributed by atoms with E-state index in [-0.39, 0.29) is 5.91 Å². The van der Waals surface area contributed by atoms with Crippen molar-refractivity contribution < 1.29 is 9.21 Å². The number of fused-ring (bicyclic) bond motifs is 1. The molecule has 1 N–H and O–H groups in total. The number of amides is 1. The first-order chi connectivity index (χ1) is 11.3. The maximum absolute atomic E-state index is 12.6. The molecule has 0 aromatic carbocycles. The van der Waals surface area contributed by atoms with Crippen molar-refractivity contribution in [2.75, 3.05) is 26.2 Å². The highest BCUT2D eigenvalue weighted by Crippen LogP contribution is 2.24. The van der Waals surface area contributed by atoms with Crippen LogP contribution in [0.1, 0.15) is 29.2 Å². The molecule has 4 heterocycles. The van der Waals surface area contributed by atoms with Crippen LogP contribution < -0.4 is 0 Å². The standard InChI is InChI=1S/C15H19N5O2S/c21-14(20-7-6-19-5-1-2-11(19)8-20)13-4-3-12(22-13)9-23-15-16-10-17-18-15/h3-4,10-11H,1-2,5-9H2,(H,16,17,18)/t11-/m1/s1. The molecule has 1 atom stereocenters. The first-order valence-electron chi connectivity index (χ1n) is 7.90. The minimum Gasteiger partial charge on any atom is -0.455 e. The Labute approximate surface area is 138 Å². The largest absolute Gasteiger partial charge is 0.455 e. The smallest absolute Gasteiger partial charge is 0.289 e. The van der Waals surface area contributed by atoms with Crippen LogP contribution in [0.4, 0.5) is 0 Å². The average molecular weight is 333 g/mol. The number of H-pyrrole nitrogens is 1. The molecule has 2 aliphatic heterocycles. The minimum absolute atomic E-state index is 0.00691. The van der Waals surface area contributed by atoms with Crippen LogP contribution >= 0.6 is 11.8 Å². The quantitative estimate of drug-likeness (QED) is 0.857. The van der Waals surface area contributed by atoms with Gasteiger partial charge < -0.3 is 9.32 Å². The van der Waals surface area contributed by atoms with Gasteiger partial charge in [-0.2, -0.15) is 5.10 Å². The summed E-state index contributed by atoms with van der Waals surface area (Å²) in [7, 11) is 0. The second-order valence-corrected chi connectivity index (χ2v) is 6.89. The summed E-state index contributed by atoms with van der Waals surface area (Å²) < 4.78 is 5.72. The van der Waals surface area contributed by atoms with Crippen LogP contribution in [0.15, 0.2) is 28.0 Å². The number of hydrogen-bond donors (Lipinski definition) is 1. The Bertz CT molecular complexity index is 671. The fourth-order valence-corrected chi connectivity index (χ4v) is 3.98. The van der Waals surface area contributed by atoms with Crippen molar-refractivity contribution in [1.82, 2.24) is 25.0 Å². The van der Waals surface area contributed by atoms with Gasteiger partial charge in [-0.05, 0) is 31.5 Å². The maximum Gasteiger partial charge on any atom is 0.289 e. The first kappa shape index (κ1) is 14.8. The van der Waals surface area contributed by atoms with Gasteiger partial charge in [-0.25, -0.2) is 4.98 Å². The van der Waals surface area contributed by atoms with Gasteiger partial charge in [0.1, 0.15) is 12.1 Å². The van der Waals surface area contributed by atoms with Gasteiger partial charge in [-0.1, -0.05) is 11.8 Å². The van der Waals surface area contributed by atoms with E-state index in [9.17, 15) is 4.79 Å². The molecule has 7 nitrogen and oxygen atoms in total. The minimum atomic E-state index is 0.00691. The SMILES string of the molecule is O=C(c1ccc(CSc2ncn[nH]2)o1)N1CCN2CCC[C@@H]2C1. The monoisotopic (exact) mass is 333 g/mol. The highest BCUT2D eigenvalue weighted by molar-refractivity contribution is 7.98. The van der Waals surface area contributed by atoms with Crippen LogP contribution in [-0.4, -0.2) is 63.1 Å². The van der Waals surface area contributed by atoms with Gasteiger partial charge in [-0.3, -0.25) is 14.8 Å². The Morgan fingerprint density at radius 1 is 1.39 bits per heavy atom. The second kappa shape index (κ2) is 6.37. The number of aromatic nitrogens is 3. The van der Waals surface area contributed by atoms with Gasteiger partial charge in [0.2, 0.25) is 0 Å². The zero-order valence-corrected chi connectivity index (χ0v) is 13.6. The van der Waals surface area contributed by atoms with E-state index >= 15 is 0 Å². The van der Waals surface area contributed by atoms with Gasteiger partial charge in [-0.15, -0.1) is 0 Å². The summed E-state index contributed by atoms with van der Waals surface area (Å²) in [6.45, 7) is 3.77. The van der Waals surface area contributed by atoms with Crippen molar-refractivity contribution in [2.45, 2.75) is 29.8 Å². The lowest BCUT2D eigenvalue weighted by Crippen LogP contribution is -2.51. The number of nitrogens with zero attached hydrogens (tertiary/aromatic N) is 4. The molecule has 0 bridgehead atoms. The van der Waals surface area contributed by atoms with Gasteiger partial charge in [0.05, 0.1) is 5.75 Å². The number of aromatic amines is 1. The summed E-state index contributed by atoms with van der Waals surface area (Å²) in [4.78, 5) is 21.1. The van der Waals surface area contributed by atoms with Crippen molar-refractivity contribution in [3.63, 3.8) is 0 Å². The predicted octanol–water partition coefficient (Wildman–Crippen LogP) is 1.61. The fraction of sp³-hybridized carbons (Fsp3) is 0.533. The second-order valence-electron chi connectivity index (χ2n) is 5.93. The molecule has 0 spiro atoms. The molecule has 4 rings (SSSR count). The average Bonchev–Trinajstić information content (AvgIpc) is 3.31. The summed E-state index contributed by atoms with van der Waals surface area (Å²) in [5.41, 5.74) is 0. The van der Waals surface area contributed by atoms with Gasteiger partial charge in [0, 0.05) is 25.7 Å². The lowest BCUT2D eigenvalue weighted by Gasteiger charge is -2.37. The third-order valence-corrected chi connectivity index (χ3v) is 5.39. The Morgan fingerprint density at radius 2 is 2.35 bits per heavy atom. The van der Waals surface area contributed by atoms with E-state index < -0.39 is 0 Å². The van der Waals surface area contributed by atoms with Crippen LogP contribution in [0.3, 0.4) is 0 Å². The number of piperazine rings is 1. The Balaban J connectivity index is 1.37. The van der Waals surface area contributed by atoms with Crippen molar-refractivity contribution >= 4 is 17.7 Å². The molecule has 8 heteroatoms. The summed E-state index contributed by atoms with van der Waals surface area (Å²) in [5.74, 6) is 1.84. The molecule has 0 saturated carbocycles. The topological polar surface area (TPSA) is 78.3 Å². The molecule has 2 saturated heterocycles. The van der Waals surface area contributed by atoms with E-state index in [2.05, 4.69) is 20.1 Å². The number of rotatable bonds is 4. The number of nitrogens with one attached hydrogen (secondary N) is 1. The van der Waals surface area contributed by atoms with Crippen LogP contribution in [-0.2, 0) is 5.75 Å². The van der Waals surface area contributed by atoms with E-state index in [0.29, 0.717) is 17.6 Å². The Kier molecular flexibility index (Phi) is 4.09. The summed E-state index contributed by atoms with van der Waals surface area (Å²) in [5, 5.41) is 7.34. The summed E-state index contributed by atoms with van der Waals surface area (Å²) in [6, 6.07) is 4.17. The van der Waals surface area contributed by atoms with E-state index in [1.165, 1.54) is 37.5 Å². The van der Waals surface area contributed by atoms with Crippen molar-refractivity contribution in [1.29, 1.82) is 0 Å². The van der Waals surface area contributed by atoms with Gasteiger partial charge >= 0.3 is 0 Å². The predicted molar refractivity (Wildman–Crippen MR) is 85.2 cm³/mol. The molecular formula is C15H19N5O2S. The summed E-state index contributed by atoms with van der Waals surface area (Å²) in [6.07, 6.45) is 3.92. The summed E-state index contributed by atoms with van der Waals surface area (Å²) >= 11 is 1.50.